The maximum atomic E-state index is 15.2. The van der Waals surface area contributed by atoms with E-state index in [1.165, 1.54) is 25.3 Å². The summed E-state index contributed by atoms with van der Waals surface area (Å²) in [5.41, 5.74) is 2.84. The van der Waals surface area contributed by atoms with Gasteiger partial charge < -0.3 is 4.74 Å². The highest BCUT2D eigenvalue weighted by atomic mass is 19.3. The molecule has 0 amide bonds. The first-order valence-electron chi connectivity index (χ1n) is 7.99. The summed E-state index contributed by atoms with van der Waals surface area (Å²) in [7, 11) is 1.51. The van der Waals surface area contributed by atoms with E-state index in [0.29, 0.717) is 17.0 Å². The normalized spacial score (nSPS) is 11.4. The minimum Gasteiger partial charge on any atom is -0.497 e. The fraction of sp³-hybridized carbons (Fsp3) is 0.190. The van der Waals surface area contributed by atoms with Crippen LogP contribution >= 0.6 is 0 Å². The monoisotopic (exact) mass is 339 g/mol. The van der Waals surface area contributed by atoms with Gasteiger partial charge in [0.15, 0.2) is 0 Å². The van der Waals surface area contributed by atoms with E-state index in [-0.39, 0.29) is 11.1 Å². The topological polar surface area (TPSA) is 22.1 Å². The van der Waals surface area contributed by atoms with Gasteiger partial charge in [-0.25, -0.2) is 0 Å². The van der Waals surface area contributed by atoms with E-state index in [4.69, 9.17) is 4.74 Å². The lowest BCUT2D eigenvalue weighted by Gasteiger charge is -2.22. The Balaban J connectivity index is 2.13. The zero-order valence-corrected chi connectivity index (χ0v) is 14.4. The lowest BCUT2D eigenvalue weighted by atomic mass is 9.89. The summed E-state index contributed by atoms with van der Waals surface area (Å²) in [6.45, 7) is 3.64. The molecule has 0 atom stereocenters. The van der Waals surface area contributed by atoms with Crippen LogP contribution < -0.4 is 4.74 Å². The van der Waals surface area contributed by atoms with Crippen molar-refractivity contribution in [2.45, 2.75) is 19.8 Å². The molecule has 0 saturated carbocycles. The summed E-state index contributed by atoms with van der Waals surface area (Å²) < 4.78 is 35.4. The van der Waals surface area contributed by atoms with Crippen molar-refractivity contribution in [1.82, 2.24) is 4.98 Å². The standard InChI is InChI=1S/C21H19F2NO/c1-14-7-12-18(15(2)20(14)19-6-4-5-13-24-19)21(22,23)16-8-10-17(25-3)11-9-16/h4-13H,1-3H3. The zero-order valence-electron chi connectivity index (χ0n) is 14.4. The molecule has 25 heavy (non-hydrogen) atoms. The molecule has 0 aliphatic rings. The van der Waals surface area contributed by atoms with Crippen molar-refractivity contribution in [3.63, 3.8) is 0 Å². The summed E-state index contributed by atoms with van der Waals surface area (Å²) in [5.74, 6) is -2.55. The van der Waals surface area contributed by atoms with Crippen LogP contribution in [0.3, 0.4) is 0 Å². The average molecular weight is 339 g/mol. The number of alkyl halides is 2. The molecule has 128 valence electrons. The van der Waals surface area contributed by atoms with Gasteiger partial charge in [0.25, 0.3) is 5.92 Å². The van der Waals surface area contributed by atoms with Gasteiger partial charge in [-0.2, -0.15) is 8.78 Å². The van der Waals surface area contributed by atoms with E-state index >= 15 is 8.78 Å². The second-order valence-electron chi connectivity index (χ2n) is 5.95. The third kappa shape index (κ3) is 3.12. The van der Waals surface area contributed by atoms with Crippen LogP contribution in [0.2, 0.25) is 0 Å². The Morgan fingerprint density at radius 3 is 2.24 bits per heavy atom. The number of aromatic nitrogens is 1. The second-order valence-corrected chi connectivity index (χ2v) is 5.95. The first-order valence-corrected chi connectivity index (χ1v) is 7.99. The highest BCUT2D eigenvalue weighted by molar-refractivity contribution is 5.69. The van der Waals surface area contributed by atoms with Gasteiger partial charge in [0, 0.05) is 22.9 Å². The molecule has 0 fully saturated rings. The molecule has 4 heteroatoms. The smallest absolute Gasteiger partial charge is 0.298 e. The van der Waals surface area contributed by atoms with Crippen molar-refractivity contribution in [3.05, 3.63) is 83.0 Å². The van der Waals surface area contributed by atoms with Crippen LogP contribution in [-0.2, 0) is 5.92 Å². The predicted octanol–water partition coefficient (Wildman–Crippen LogP) is 5.51. The second kappa shape index (κ2) is 6.63. The molecule has 3 rings (SSSR count). The molecule has 0 spiro atoms. The number of aryl methyl sites for hydroxylation is 1. The average Bonchev–Trinajstić information content (AvgIpc) is 2.62. The van der Waals surface area contributed by atoms with Crippen molar-refractivity contribution in [2.24, 2.45) is 0 Å². The molecule has 0 bridgehead atoms. The van der Waals surface area contributed by atoms with Gasteiger partial charge in [-0.1, -0.05) is 18.2 Å². The number of hydrogen-bond donors (Lipinski definition) is 0. The van der Waals surface area contributed by atoms with Crippen LogP contribution in [0.25, 0.3) is 11.3 Å². The maximum absolute atomic E-state index is 15.2. The lowest BCUT2D eigenvalue weighted by Crippen LogP contribution is -2.17. The van der Waals surface area contributed by atoms with Gasteiger partial charge in [-0.15, -0.1) is 0 Å². The molecular formula is C21H19F2NO. The van der Waals surface area contributed by atoms with Crippen LogP contribution in [0.5, 0.6) is 5.75 Å². The Labute approximate surface area is 146 Å². The Hall–Kier alpha value is -2.75. The molecule has 0 saturated heterocycles. The van der Waals surface area contributed by atoms with Gasteiger partial charge in [-0.05, 0) is 61.4 Å². The van der Waals surface area contributed by atoms with Crippen LogP contribution in [0.4, 0.5) is 8.78 Å². The first kappa shape index (κ1) is 17.1. The highest BCUT2D eigenvalue weighted by Crippen LogP contribution is 2.41. The van der Waals surface area contributed by atoms with Crippen LogP contribution in [-0.4, -0.2) is 12.1 Å². The quantitative estimate of drug-likeness (QED) is 0.625. The number of hydrogen-bond acceptors (Lipinski definition) is 2. The number of ether oxygens (including phenoxy) is 1. The van der Waals surface area contributed by atoms with Gasteiger partial charge >= 0.3 is 0 Å². The molecule has 1 aromatic heterocycles. The van der Waals surface area contributed by atoms with Crippen molar-refractivity contribution in [1.29, 1.82) is 0 Å². The minimum absolute atomic E-state index is 0.0103. The molecule has 0 N–H and O–H groups in total. The number of benzene rings is 2. The van der Waals surface area contributed by atoms with Crippen LogP contribution in [0, 0.1) is 13.8 Å². The summed E-state index contributed by atoms with van der Waals surface area (Å²) in [4.78, 5) is 4.33. The SMILES string of the molecule is COc1ccc(C(F)(F)c2ccc(C)c(-c3ccccn3)c2C)cc1. The molecule has 2 aromatic carbocycles. The van der Waals surface area contributed by atoms with Gasteiger partial charge in [0.2, 0.25) is 0 Å². The molecule has 0 aliphatic heterocycles. The fourth-order valence-corrected chi connectivity index (χ4v) is 3.05. The van der Waals surface area contributed by atoms with E-state index < -0.39 is 5.92 Å². The number of nitrogens with zero attached hydrogens (tertiary/aromatic N) is 1. The van der Waals surface area contributed by atoms with Gasteiger partial charge in [-0.3, -0.25) is 4.98 Å². The Kier molecular flexibility index (Phi) is 4.53. The van der Waals surface area contributed by atoms with Gasteiger partial charge in [0.1, 0.15) is 5.75 Å². The molecule has 0 unspecified atom stereocenters. The molecule has 1 heterocycles. The number of halogens is 2. The van der Waals surface area contributed by atoms with Crippen molar-refractivity contribution in [3.8, 4) is 17.0 Å². The van der Waals surface area contributed by atoms with Crippen LogP contribution in [0.1, 0.15) is 22.3 Å². The number of methoxy groups -OCH3 is 1. The lowest BCUT2D eigenvalue weighted by molar-refractivity contribution is 0.0422. The Bertz CT molecular complexity index is 874. The largest absolute Gasteiger partial charge is 0.497 e. The van der Waals surface area contributed by atoms with Crippen molar-refractivity contribution in [2.75, 3.05) is 7.11 Å². The highest BCUT2D eigenvalue weighted by Gasteiger charge is 2.36. The Morgan fingerprint density at radius 1 is 0.920 bits per heavy atom. The van der Waals surface area contributed by atoms with E-state index in [1.54, 1.807) is 31.3 Å². The maximum Gasteiger partial charge on any atom is 0.298 e. The Morgan fingerprint density at radius 2 is 1.64 bits per heavy atom. The minimum atomic E-state index is -3.10. The van der Waals surface area contributed by atoms with E-state index in [9.17, 15) is 0 Å². The number of pyridine rings is 1. The third-order valence-electron chi connectivity index (χ3n) is 4.39. The summed E-state index contributed by atoms with van der Waals surface area (Å²) >= 11 is 0. The van der Waals surface area contributed by atoms with Gasteiger partial charge in [0.05, 0.1) is 12.8 Å². The number of rotatable bonds is 4. The summed E-state index contributed by atoms with van der Waals surface area (Å²) in [6.07, 6.45) is 1.67. The molecule has 0 radical (unpaired) electrons. The van der Waals surface area contributed by atoms with E-state index in [1.807, 2.05) is 25.1 Å². The zero-order chi connectivity index (χ0) is 18.0. The van der Waals surface area contributed by atoms with Crippen molar-refractivity contribution < 1.29 is 13.5 Å². The molecular weight excluding hydrogens is 320 g/mol. The van der Waals surface area contributed by atoms with Crippen LogP contribution in [0.15, 0.2) is 60.8 Å². The predicted molar refractivity (Wildman–Crippen MR) is 95.1 cm³/mol. The first-order chi connectivity index (χ1) is 11.9. The third-order valence-corrected chi connectivity index (χ3v) is 4.39. The molecule has 2 nitrogen and oxygen atoms in total. The summed E-state index contributed by atoms with van der Waals surface area (Å²) in [6, 6.07) is 14.6. The summed E-state index contributed by atoms with van der Waals surface area (Å²) in [5, 5.41) is 0. The van der Waals surface area contributed by atoms with E-state index in [2.05, 4.69) is 4.98 Å². The van der Waals surface area contributed by atoms with E-state index in [0.717, 1.165) is 11.1 Å². The van der Waals surface area contributed by atoms with Crippen molar-refractivity contribution >= 4 is 0 Å². The molecule has 3 aromatic rings. The molecule has 0 aliphatic carbocycles. The fourth-order valence-electron chi connectivity index (χ4n) is 3.05.